The van der Waals surface area contributed by atoms with Gasteiger partial charge in [-0.15, -0.1) is 0 Å². The standard InChI is InChI=1S/C22H29FN4O4/c1-5-26-12-15-17(10-16(23)18(20(28)29)19(15)24-26)25-9-8-14(11-25)27(13-6-7-13)21(30)31-22(2,3)4/h10,12-14H,5-9,11H2,1-4H3,(H,28,29). The molecule has 2 heterocycles. The van der Waals surface area contributed by atoms with Crippen molar-refractivity contribution in [2.45, 2.75) is 71.2 Å². The second kappa shape index (κ2) is 7.69. The third kappa shape index (κ3) is 4.18. The summed E-state index contributed by atoms with van der Waals surface area (Å²) in [7, 11) is 0. The summed E-state index contributed by atoms with van der Waals surface area (Å²) < 4.78 is 22.0. The van der Waals surface area contributed by atoms with Crippen LogP contribution >= 0.6 is 0 Å². The van der Waals surface area contributed by atoms with E-state index in [9.17, 15) is 19.1 Å². The zero-order valence-electron chi connectivity index (χ0n) is 18.4. The molecule has 1 aliphatic heterocycles. The number of amides is 1. The van der Waals surface area contributed by atoms with Crippen molar-refractivity contribution in [3.8, 4) is 0 Å². The minimum Gasteiger partial charge on any atom is -0.478 e. The van der Waals surface area contributed by atoms with Crippen LogP contribution in [0.15, 0.2) is 12.3 Å². The van der Waals surface area contributed by atoms with Crippen LogP contribution in [0, 0.1) is 5.82 Å². The molecule has 1 amide bonds. The number of carbonyl (C=O) groups is 2. The number of fused-ring (bicyclic) bond motifs is 1. The number of aromatic nitrogens is 2. The van der Waals surface area contributed by atoms with E-state index in [1.54, 1.807) is 10.9 Å². The van der Waals surface area contributed by atoms with Crippen LogP contribution in [-0.2, 0) is 11.3 Å². The molecule has 1 unspecified atom stereocenters. The molecule has 2 aliphatic rings. The van der Waals surface area contributed by atoms with Crippen molar-refractivity contribution in [3.05, 3.63) is 23.6 Å². The first-order valence-electron chi connectivity index (χ1n) is 10.8. The summed E-state index contributed by atoms with van der Waals surface area (Å²) >= 11 is 0. The first kappa shape index (κ1) is 21.4. The number of carboxylic acid groups (broad SMARTS) is 1. The molecule has 1 aromatic carbocycles. The molecule has 8 nitrogen and oxygen atoms in total. The molecule has 0 radical (unpaired) electrons. The SMILES string of the molecule is CCn1cc2c(N3CCC(N(C(=O)OC(C)(C)C)C4CC4)C3)cc(F)c(C(=O)O)c2n1. The molecule has 1 aliphatic carbocycles. The van der Waals surface area contributed by atoms with Gasteiger partial charge in [0.1, 0.15) is 22.5 Å². The van der Waals surface area contributed by atoms with Crippen molar-refractivity contribution in [1.82, 2.24) is 14.7 Å². The summed E-state index contributed by atoms with van der Waals surface area (Å²) in [4.78, 5) is 28.3. The Morgan fingerprint density at radius 3 is 2.58 bits per heavy atom. The van der Waals surface area contributed by atoms with E-state index in [0.717, 1.165) is 19.3 Å². The molecule has 1 N–H and O–H groups in total. The number of hydrogen-bond acceptors (Lipinski definition) is 5. The number of halogens is 1. The molecular weight excluding hydrogens is 403 g/mol. The van der Waals surface area contributed by atoms with Crippen LogP contribution < -0.4 is 4.90 Å². The Balaban J connectivity index is 1.64. The fourth-order valence-electron chi connectivity index (χ4n) is 4.25. The highest BCUT2D eigenvalue weighted by atomic mass is 19.1. The first-order valence-corrected chi connectivity index (χ1v) is 10.8. The Morgan fingerprint density at radius 2 is 2.00 bits per heavy atom. The monoisotopic (exact) mass is 432 g/mol. The van der Waals surface area contributed by atoms with E-state index in [1.165, 1.54) is 6.07 Å². The smallest absolute Gasteiger partial charge is 0.410 e. The Hall–Kier alpha value is -2.84. The van der Waals surface area contributed by atoms with Gasteiger partial charge in [-0.1, -0.05) is 0 Å². The van der Waals surface area contributed by atoms with Crippen LogP contribution in [0.25, 0.3) is 10.9 Å². The Labute approximate surface area is 180 Å². The van der Waals surface area contributed by atoms with Gasteiger partial charge in [0.25, 0.3) is 0 Å². The molecule has 4 rings (SSSR count). The van der Waals surface area contributed by atoms with Gasteiger partial charge in [-0.05, 0) is 53.0 Å². The molecule has 1 saturated heterocycles. The molecule has 168 valence electrons. The van der Waals surface area contributed by atoms with Gasteiger partial charge in [0.2, 0.25) is 0 Å². The minimum absolute atomic E-state index is 0.0409. The first-order chi connectivity index (χ1) is 14.6. The van der Waals surface area contributed by atoms with E-state index in [0.29, 0.717) is 30.7 Å². The number of aryl methyl sites for hydroxylation is 1. The molecule has 2 aromatic rings. The lowest BCUT2D eigenvalue weighted by molar-refractivity contribution is 0.0158. The van der Waals surface area contributed by atoms with Gasteiger partial charge in [-0.25, -0.2) is 14.0 Å². The Morgan fingerprint density at radius 1 is 1.29 bits per heavy atom. The molecular formula is C22H29FN4O4. The largest absolute Gasteiger partial charge is 0.478 e. The van der Waals surface area contributed by atoms with Crippen LogP contribution in [0.4, 0.5) is 14.9 Å². The zero-order valence-corrected chi connectivity index (χ0v) is 18.4. The summed E-state index contributed by atoms with van der Waals surface area (Å²) in [6.07, 6.45) is 4.12. The maximum atomic E-state index is 14.8. The maximum Gasteiger partial charge on any atom is 0.410 e. The van der Waals surface area contributed by atoms with Gasteiger partial charge in [-0.3, -0.25) is 4.68 Å². The highest BCUT2D eigenvalue weighted by Gasteiger charge is 2.42. The van der Waals surface area contributed by atoms with Gasteiger partial charge in [0.15, 0.2) is 0 Å². The van der Waals surface area contributed by atoms with E-state index in [1.807, 2.05) is 37.5 Å². The summed E-state index contributed by atoms with van der Waals surface area (Å²) in [5.74, 6) is -2.13. The second-order valence-electron chi connectivity index (χ2n) is 9.31. The third-order valence-corrected chi connectivity index (χ3v) is 5.76. The van der Waals surface area contributed by atoms with Crippen molar-refractivity contribution < 1.29 is 23.8 Å². The lowest BCUT2D eigenvalue weighted by Crippen LogP contribution is -2.46. The molecule has 9 heteroatoms. The number of aromatic carboxylic acids is 1. The van der Waals surface area contributed by atoms with Crippen molar-refractivity contribution >= 4 is 28.7 Å². The third-order valence-electron chi connectivity index (χ3n) is 5.76. The van der Waals surface area contributed by atoms with Gasteiger partial charge < -0.3 is 19.6 Å². The van der Waals surface area contributed by atoms with Crippen molar-refractivity contribution in [3.63, 3.8) is 0 Å². The van der Waals surface area contributed by atoms with Crippen molar-refractivity contribution in [2.75, 3.05) is 18.0 Å². The highest BCUT2D eigenvalue weighted by Crippen LogP contribution is 2.37. The number of nitrogens with zero attached hydrogens (tertiary/aromatic N) is 4. The van der Waals surface area contributed by atoms with Crippen LogP contribution in [0.3, 0.4) is 0 Å². The number of benzene rings is 1. The average molecular weight is 432 g/mol. The van der Waals surface area contributed by atoms with E-state index in [-0.39, 0.29) is 23.7 Å². The molecule has 0 bridgehead atoms. The van der Waals surface area contributed by atoms with Crippen molar-refractivity contribution in [1.29, 1.82) is 0 Å². The fourth-order valence-corrected chi connectivity index (χ4v) is 4.25. The predicted octanol–water partition coefficient (Wildman–Crippen LogP) is 3.87. The maximum absolute atomic E-state index is 14.8. The number of hydrogen-bond donors (Lipinski definition) is 1. The molecule has 1 atom stereocenters. The summed E-state index contributed by atoms with van der Waals surface area (Å²) in [5.41, 5.74) is -0.215. The second-order valence-corrected chi connectivity index (χ2v) is 9.31. The van der Waals surface area contributed by atoms with Gasteiger partial charge >= 0.3 is 12.1 Å². The van der Waals surface area contributed by atoms with E-state index >= 15 is 0 Å². The Kier molecular flexibility index (Phi) is 5.31. The molecule has 0 spiro atoms. The zero-order chi connectivity index (χ0) is 22.5. The number of anilines is 1. The lowest BCUT2D eigenvalue weighted by atomic mass is 10.1. The van der Waals surface area contributed by atoms with E-state index < -0.39 is 23.0 Å². The topological polar surface area (TPSA) is 87.9 Å². The fraction of sp³-hybridized carbons (Fsp3) is 0.591. The van der Waals surface area contributed by atoms with Gasteiger partial charge in [0, 0.05) is 37.3 Å². The normalized spacial score (nSPS) is 19.1. The number of ether oxygens (including phenoxy) is 1. The predicted molar refractivity (Wildman–Crippen MR) is 114 cm³/mol. The van der Waals surface area contributed by atoms with Gasteiger partial charge in [-0.2, -0.15) is 5.10 Å². The Bertz CT molecular complexity index is 1020. The highest BCUT2D eigenvalue weighted by molar-refractivity contribution is 6.06. The van der Waals surface area contributed by atoms with Crippen LogP contribution in [-0.4, -0.2) is 62.6 Å². The number of carboxylic acids is 1. The number of carbonyl (C=O) groups excluding carboxylic acids is 1. The van der Waals surface area contributed by atoms with Crippen LogP contribution in [0.1, 0.15) is 57.3 Å². The quantitative estimate of drug-likeness (QED) is 0.772. The summed E-state index contributed by atoms with van der Waals surface area (Å²) in [5, 5.41) is 14.4. The average Bonchev–Trinajstić information content (AvgIpc) is 3.21. The molecule has 1 saturated carbocycles. The van der Waals surface area contributed by atoms with Crippen LogP contribution in [0.5, 0.6) is 0 Å². The summed E-state index contributed by atoms with van der Waals surface area (Å²) in [6.45, 7) is 9.17. The minimum atomic E-state index is -1.33. The summed E-state index contributed by atoms with van der Waals surface area (Å²) in [6, 6.07) is 1.43. The number of rotatable bonds is 5. The molecule has 1 aromatic heterocycles. The van der Waals surface area contributed by atoms with E-state index in [4.69, 9.17) is 4.74 Å². The van der Waals surface area contributed by atoms with E-state index in [2.05, 4.69) is 5.10 Å². The lowest BCUT2D eigenvalue weighted by Gasteiger charge is -2.32. The van der Waals surface area contributed by atoms with Crippen LogP contribution in [0.2, 0.25) is 0 Å². The van der Waals surface area contributed by atoms with Gasteiger partial charge in [0.05, 0.1) is 11.7 Å². The molecule has 31 heavy (non-hydrogen) atoms. The van der Waals surface area contributed by atoms with Crippen molar-refractivity contribution in [2.24, 2.45) is 0 Å². The molecule has 2 fully saturated rings.